The smallest absolute Gasteiger partial charge is 0.407 e. The quantitative estimate of drug-likeness (QED) is 0.736. The van der Waals surface area contributed by atoms with Gasteiger partial charge < -0.3 is 19.9 Å². The van der Waals surface area contributed by atoms with Crippen LogP contribution in [0, 0.1) is 6.92 Å². The summed E-state index contributed by atoms with van der Waals surface area (Å²) in [6.45, 7) is 9.48. The molecule has 1 aromatic heterocycles. The second-order valence-electron chi connectivity index (χ2n) is 5.51. The molecule has 0 saturated heterocycles. The first kappa shape index (κ1) is 16.4. The molecular weight excluding hydrogens is 260 g/mol. The number of amides is 1. The van der Waals surface area contributed by atoms with Crippen LogP contribution in [0.2, 0.25) is 0 Å². The number of alkyl carbamates (subject to hydrolysis) is 1. The van der Waals surface area contributed by atoms with Gasteiger partial charge in [0.15, 0.2) is 5.82 Å². The number of aromatic nitrogens is 2. The minimum atomic E-state index is -0.453. The average Bonchev–Trinajstić information content (AvgIpc) is 2.71. The van der Waals surface area contributed by atoms with Crippen molar-refractivity contribution in [3.63, 3.8) is 0 Å². The normalized spacial score (nSPS) is 11.4. The summed E-state index contributed by atoms with van der Waals surface area (Å²) in [6, 6.07) is 0. The van der Waals surface area contributed by atoms with Crippen LogP contribution in [0.15, 0.2) is 4.52 Å². The van der Waals surface area contributed by atoms with E-state index in [9.17, 15) is 4.79 Å². The Balaban J connectivity index is 1.96. The van der Waals surface area contributed by atoms with Crippen molar-refractivity contribution in [1.29, 1.82) is 0 Å². The van der Waals surface area contributed by atoms with E-state index in [4.69, 9.17) is 9.26 Å². The fraction of sp³-hybridized carbons (Fsp3) is 0.769. The molecule has 0 atom stereocenters. The molecule has 0 unspecified atom stereocenters. The number of hydrogen-bond acceptors (Lipinski definition) is 6. The first-order chi connectivity index (χ1) is 9.37. The van der Waals surface area contributed by atoms with Crippen molar-refractivity contribution in [2.24, 2.45) is 0 Å². The highest BCUT2D eigenvalue weighted by atomic mass is 16.6. The first-order valence-corrected chi connectivity index (χ1v) is 6.83. The zero-order valence-electron chi connectivity index (χ0n) is 12.7. The molecule has 114 valence electrons. The summed E-state index contributed by atoms with van der Waals surface area (Å²) < 4.78 is 10.0. The third-order valence-electron chi connectivity index (χ3n) is 2.29. The van der Waals surface area contributed by atoms with Crippen molar-refractivity contribution in [2.45, 2.75) is 46.1 Å². The van der Waals surface area contributed by atoms with Crippen LogP contribution < -0.4 is 10.6 Å². The van der Waals surface area contributed by atoms with Crippen molar-refractivity contribution < 1.29 is 14.1 Å². The standard InChI is InChI=1S/C13H24N4O3/c1-10-16-11(17-20-10)6-9-14-7-5-8-15-12(18)19-13(2,3)4/h14H,5-9H2,1-4H3,(H,15,18). The Hall–Kier alpha value is -1.63. The predicted molar refractivity (Wildman–Crippen MR) is 74.5 cm³/mol. The molecule has 0 bridgehead atoms. The zero-order chi connectivity index (χ0) is 15.0. The SMILES string of the molecule is Cc1nc(CCNCCCNC(=O)OC(C)(C)C)no1. The van der Waals surface area contributed by atoms with E-state index in [0.29, 0.717) is 18.3 Å². The van der Waals surface area contributed by atoms with Gasteiger partial charge in [-0.25, -0.2) is 4.79 Å². The van der Waals surface area contributed by atoms with Gasteiger partial charge in [-0.15, -0.1) is 0 Å². The van der Waals surface area contributed by atoms with Gasteiger partial charge in [-0.2, -0.15) is 4.98 Å². The van der Waals surface area contributed by atoms with Gasteiger partial charge in [-0.05, 0) is 33.7 Å². The number of nitrogens with zero attached hydrogens (tertiary/aromatic N) is 2. The van der Waals surface area contributed by atoms with E-state index >= 15 is 0 Å². The van der Waals surface area contributed by atoms with E-state index in [2.05, 4.69) is 20.8 Å². The van der Waals surface area contributed by atoms with Crippen LogP contribution in [-0.4, -0.2) is 41.5 Å². The molecule has 0 aromatic carbocycles. The molecule has 0 aliphatic rings. The highest BCUT2D eigenvalue weighted by Crippen LogP contribution is 2.06. The molecule has 0 aliphatic carbocycles. The van der Waals surface area contributed by atoms with Gasteiger partial charge in [0.2, 0.25) is 5.89 Å². The maximum Gasteiger partial charge on any atom is 0.407 e. The van der Waals surface area contributed by atoms with Gasteiger partial charge in [0.25, 0.3) is 0 Å². The molecule has 0 spiro atoms. The highest BCUT2D eigenvalue weighted by Gasteiger charge is 2.15. The van der Waals surface area contributed by atoms with Gasteiger partial charge in [0.05, 0.1) is 0 Å². The molecule has 0 saturated carbocycles. The monoisotopic (exact) mass is 284 g/mol. The zero-order valence-corrected chi connectivity index (χ0v) is 12.7. The number of carbonyl (C=O) groups is 1. The van der Waals surface area contributed by atoms with Crippen molar-refractivity contribution in [1.82, 2.24) is 20.8 Å². The summed E-state index contributed by atoms with van der Waals surface area (Å²) in [5.74, 6) is 1.29. The largest absolute Gasteiger partial charge is 0.444 e. The lowest BCUT2D eigenvalue weighted by Crippen LogP contribution is -2.34. The Morgan fingerprint density at radius 2 is 2.05 bits per heavy atom. The van der Waals surface area contributed by atoms with E-state index in [0.717, 1.165) is 25.9 Å². The van der Waals surface area contributed by atoms with Gasteiger partial charge in [-0.1, -0.05) is 5.16 Å². The fourth-order valence-electron chi connectivity index (χ4n) is 1.49. The fourth-order valence-corrected chi connectivity index (χ4v) is 1.49. The minimum Gasteiger partial charge on any atom is -0.444 e. The predicted octanol–water partition coefficient (Wildman–Crippen LogP) is 1.42. The molecule has 1 amide bonds. The first-order valence-electron chi connectivity index (χ1n) is 6.83. The van der Waals surface area contributed by atoms with Crippen molar-refractivity contribution in [3.8, 4) is 0 Å². The maximum atomic E-state index is 11.4. The molecule has 0 fully saturated rings. The van der Waals surface area contributed by atoms with Gasteiger partial charge in [0.1, 0.15) is 5.60 Å². The summed E-state index contributed by atoms with van der Waals surface area (Å²) >= 11 is 0. The molecule has 2 N–H and O–H groups in total. The Morgan fingerprint density at radius 1 is 1.30 bits per heavy atom. The number of ether oxygens (including phenoxy) is 1. The summed E-state index contributed by atoms with van der Waals surface area (Å²) in [7, 11) is 0. The molecule has 20 heavy (non-hydrogen) atoms. The van der Waals surface area contributed by atoms with Crippen LogP contribution >= 0.6 is 0 Å². The van der Waals surface area contributed by atoms with Crippen LogP contribution in [0.4, 0.5) is 4.79 Å². The van der Waals surface area contributed by atoms with Crippen LogP contribution in [0.25, 0.3) is 0 Å². The molecule has 7 heteroatoms. The second kappa shape index (κ2) is 7.84. The van der Waals surface area contributed by atoms with Crippen LogP contribution in [0.5, 0.6) is 0 Å². The van der Waals surface area contributed by atoms with E-state index in [1.807, 2.05) is 20.8 Å². The maximum absolute atomic E-state index is 11.4. The molecule has 1 aromatic rings. The molecular formula is C13H24N4O3. The number of carbonyl (C=O) groups excluding carboxylic acids is 1. The van der Waals surface area contributed by atoms with E-state index < -0.39 is 5.60 Å². The van der Waals surface area contributed by atoms with E-state index in [1.165, 1.54) is 0 Å². The van der Waals surface area contributed by atoms with Crippen molar-refractivity contribution in [3.05, 3.63) is 11.7 Å². The lowest BCUT2D eigenvalue weighted by atomic mass is 10.2. The Kier molecular flexibility index (Phi) is 6.44. The number of nitrogens with one attached hydrogen (secondary N) is 2. The number of aryl methyl sites for hydroxylation is 1. The van der Waals surface area contributed by atoms with Gasteiger partial charge in [-0.3, -0.25) is 0 Å². The minimum absolute atomic E-state index is 0.375. The van der Waals surface area contributed by atoms with Crippen LogP contribution in [0.3, 0.4) is 0 Å². The third kappa shape index (κ3) is 7.73. The topological polar surface area (TPSA) is 89.3 Å². The number of hydrogen-bond donors (Lipinski definition) is 2. The third-order valence-corrected chi connectivity index (χ3v) is 2.29. The lowest BCUT2D eigenvalue weighted by molar-refractivity contribution is 0.0527. The van der Waals surface area contributed by atoms with Crippen molar-refractivity contribution >= 4 is 6.09 Å². The van der Waals surface area contributed by atoms with Crippen LogP contribution in [0.1, 0.15) is 38.9 Å². The van der Waals surface area contributed by atoms with Crippen molar-refractivity contribution in [2.75, 3.05) is 19.6 Å². The number of rotatable bonds is 7. The van der Waals surface area contributed by atoms with Crippen LogP contribution in [-0.2, 0) is 11.2 Å². The summed E-state index contributed by atoms with van der Waals surface area (Å²) in [5, 5.41) is 9.77. The van der Waals surface area contributed by atoms with Gasteiger partial charge >= 0.3 is 6.09 Å². The Bertz CT molecular complexity index is 412. The molecule has 7 nitrogen and oxygen atoms in total. The Labute approximate surface area is 119 Å². The van der Waals surface area contributed by atoms with Gasteiger partial charge in [0, 0.05) is 26.4 Å². The Morgan fingerprint density at radius 3 is 2.65 bits per heavy atom. The molecule has 1 rings (SSSR count). The van der Waals surface area contributed by atoms with E-state index in [1.54, 1.807) is 6.92 Å². The molecule has 0 radical (unpaired) electrons. The average molecular weight is 284 g/mol. The molecule has 0 aliphatic heterocycles. The summed E-state index contributed by atoms with van der Waals surface area (Å²) in [4.78, 5) is 15.5. The summed E-state index contributed by atoms with van der Waals surface area (Å²) in [6.07, 6.45) is 1.20. The lowest BCUT2D eigenvalue weighted by Gasteiger charge is -2.19. The summed E-state index contributed by atoms with van der Waals surface area (Å²) in [5.41, 5.74) is -0.453. The molecule has 1 heterocycles. The highest BCUT2D eigenvalue weighted by molar-refractivity contribution is 5.67. The second-order valence-corrected chi connectivity index (χ2v) is 5.51. The van der Waals surface area contributed by atoms with E-state index in [-0.39, 0.29) is 6.09 Å².